The summed E-state index contributed by atoms with van der Waals surface area (Å²) in [7, 11) is 1.38. The summed E-state index contributed by atoms with van der Waals surface area (Å²) < 4.78 is 59.1. The number of aliphatic imine (C=N–C) groups is 1. The number of hydrogen-bond acceptors (Lipinski definition) is 12. The predicted molar refractivity (Wildman–Crippen MR) is 275 cm³/mol. The Morgan fingerprint density at radius 3 is 2.28 bits per heavy atom. The zero-order valence-corrected chi connectivity index (χ0v) is 43.3. The van der Waals surface area contributed by atoms with Gasteiger partial charge in [-0.25, -0.2) is 4.98 Å². The number of aryl methyl sites for hydroxylation is 1. The quantitative estimate of drug-likeness (QED) is 0.0397. The first-order valence-electron chi connectivity index (χ1n) is 23.9. The molecule has 0 spiro atoms. The number of unbranched alkanes of at least 4 members (excludes halogenated alkanes) is 2. The van der Waals surface area contributed by atoms with Crippen molar-refractivity contribution in [2.45, 2.75) is 110 Å². The molecular formula is C52H64F3N7O8S2. The molecule has 72 heavy (non-hydrogen) atoms. The Kier molecular flexibility index (Phi) is 18.7. The van der Waals surface area contributed by atoms with Gasteiger partial charge in [0.25, 0.3) is 5.91 Å². The number of carbonyl (C=O) groups excluding carboxylic acids is 4. The molecule has 0 aliphatic carbocycles. The van der Waals surface area contributed by atoms with Gasteiger partial charge in [-0.15, -0.1) is 11.3 Å². The summed E-state index contributed by atoms with van der Waals surface area (Å²) >= 11 is 7.25. The molecule has 3 aromatic carbocycles. The van der Waals surface area contributed by atoms with Crippen LogP contribution in [0, 0.1) is 12.3 Å². The van der Waals surface area contributed by atoms with Crippen molar-refractivity contribution in [3.63, 3.8) is 0 Å². The normalized spacial score (nSPS) is 17.5. The molecule has 4 amide bonds. The number of nitrogens with one attached hydrogen (secondary N) is 2. The maximum atomic E-state index is 14.0. The van der Waals surface area contributed by atoms with E-state index in [0.717, 1.165) is 58.1 Å². The number of ether oxygens (including phenoxy) is 3. The molecular weight excluding hydrogens is 972 g/mol. The average Bonchev–Trinajstić information content (AvgIpc) is 3.99. The topological polar surface area (TPSA) is 175 Å². The number of anilines is 2. The van der Waals surface area contributed by atoms with Gasteiger partial charge >= 0.3 is 6.18 Å². The van der Waals surface area contributed by atoms with Gasteiger partial charge in [0.05, 0.1) is 40.0 Å². The number of aliphatic hydroxyl groups excluding tert-OH is 1. The van der Waals surface area contributed by atoms with E-state index in [4.69, 9.17) is 26.4 Å². The molecule has 2 saturated heterocycles. The van der Waals surface area contributed by atoms with Crippen LogP contribution in [0.3, 0.4) is 0 Å². The summed E-state index contributed by atoms with van der Waals surface area (Å²) in [5.74, 6) is -1.17. The Morgan fingerprint density at radius 2 is 1.62 bits per heavy atom. The van der Waals surface area contributed by atoms with E-state index in [0.29, 0.717) is 37.7 Å². The number of hydrogen-bond donors (Lipinski definition) is 3. The first-order valence-corrected chi connectivity index (χ1v) is 25.2. The van der Waals surface area contributed by atoms with Gasteiger partial charge in [0, 0.05) is 63.8 Å². The highest BCUT2D eigenvalue weighted by Gasteiger charge is 2.51. The number of thiazole rings is 1. The van der Waals surface area contributed by atoms with Crippen LogP contribution in [-0.2, 0) is 41.4 Å². The highest BCUT2D eigenvalue weighted by Crippen LogP contribution is 2.40. The smallest absolute Gasteiger partial charge is 0.417 e. The minimum atomic E-state index is -4.67. The zero-order chi connectivity index (χ0) is 52.4. The molecule has 3 N–H and O–H groups in total. The van der Waals surface area contributed by atoms with Gasteiger partial charge in [-0.3, -0.25) is 29.1 Å². The van der Waals surface area contributed by atoms with Crippen LogP contribution in [0.25, 0.3) is 10.4 Å². The number of likely N-dealkylation sites (tertiary alicyclic amines) is 1. The summed E-state index contributed by atoms with van der Waals surface area (Å²) in [6.45, 7) is 12.4. The van der Waals surface area contributed by atoms with Gasteiger partial charge in [0.2, 0.25) is 17.7 Å². The molecule has 388 valence electrons. The zero-order valence-electron chi connectivity index (χ0n) is 41.7. The van der Waals surface area contributed by atoms with Crippen LogP contribution in [0.15, 0.2) is 77.2 Å². The van der Waals surface area contributed by atoms with Gasteiger partial charge in [0.15, 0.2) is 5.11 Å². The first kappa shape index (κ1) is 55.5. The van der Waals surface area contributed by atoms with Crippen LogP contribution in [0.2, 0.25) is 0 Å². The van der Waals surface area contributed by atoms with E-state index < -0.39 is 58.6 Å². The number of rotatable bonds is 22. The lowest BCUT2D eigenvalue weighted by molar-refractivity contribution is -0.144. The van der Waals surface area contributed by atoms with Crippen molar-refractivity contribution < 1.29 is 51.7 Å². The lowest BCUT2D eigenvalue weighted by atomic mass is 9.85. The van der Waals surface area contributed by atoms with Crippen molar-refractivity contribution in [2.75, 3.05) is 56.4 Å². The number of aromatic nitrogens is 1. The molecule has 3 atom stereocenters. The molecule has 3 heterocycles. The average molecular weight is 1040 g/mol. The standard InChI is InChI=1S/C52H64F3N7O8S2/c1-33-44(72-32-58-33)35-14-12-34(13-15-35)28-57-46(65)42-27-39(63)30-60(42)47(66)45(50(2,3)4)59-43(64)31-69-24-11-23-68-22-9-8-10-25-70-40-20-18-37(19-21-40)62-49(71)61(48(67)51(62,5)6)38-17-16-36(29-56-7)41(26-38)52(53,54)55/h12-21,26,29,32,39,42,45,63H,8-11,22-25,27-28,30-31H2,1-7H3,(H,57,65)(H,59,64)/b56-29+/t39-,42+,45-/m1/s1. The van der Waals surface area contributed by atoms with Crippen LogP contribution < -0.4 is 25.2 Å². The monoisotopic (exact) mass is 1040 g/mol. The molecule has 2 aliphatic rings. The first-order chi connectivity index (χ1) is 34.1. The second-order valence-corrected chi connectivity index (χ2v) is 20.6. The van der Waals surface area contributed by atoms with Crippen LogP contribution in [0.4, 0.5) is 24.5 Å². The number of halogens is 3. The Morgan fingerprint density at radius 1 is 0.958 bits per heavy atom. The third-order valence-corrected chi connectivity index (χ3v) is 13.7. The van der Waals surface area contributed by atoms with E-state index in [1.165, 1.54) is 24.1 Å². The van der Waals surface area contributed by atoms with Crippen LogP contribution in [0.1, 0.15) is 89.1 Å². The van der Waals surface area contributed by atoms with E-state index in [9.17, 15) is 37.5 Å². The Balaban J connectivity index is 0.853. The van der Waals surface area contributed by atoms with E-state index in [2.05, 4.69) is 20.6 Å². The van der Waals surface area contributed by atoms with Gasteiger partial charge in [-0.05, 0) is 112 Å². The molecule has 2 aliphatic heterocycles. The molecule has 4 aromatic rings. The Labute approximate surface area is 428 Å². The number of aliphatic hydroxyl groups is 1. The molecule has 0 saturated carbocycles. The van der Waals surface area contributed by atoms with Crippen LogP contribution in [-0.4, -0.2) is 120 Å². The lowest BCUT2D eigenvalue weighted by Gasteiger charge is -2.35. The number of alkyl halides is 3. The Bertz CT molecular complexity index is 2570. The number of amides is 4. The van der Waals surface area contributed by atoms with Crippen LogP contribution in [0.5, 0.6) is 5.75 Å². The molecule has 20 heteroatoms. The SMILES string of the molecule is C/N=C/c1ccc(N2C(=O)C(C)(C)N(c3ccc(OCCCCCOCCCOCC(=O)N[C@H](C(=O)N4C[C@H](O)C[C@H]4C(=O)NCc4ccc(-c5scnc5C)cc4)C(C)(C)C)cc3)C2=S)cc1C(F)(F)F. The molecule has 15 nitrogen and oxygen atoms in total. The third kappa shape index (κ3) is 13.8. The third-order valence-electron chi connectivity index (χ3n) is 12.4. The maximum absolute atomic E-state index is 14.0. The van der Waals surface area contributed by atoms with Crippen molar-refractivity contribution in [1.82, 2.24) is 20.5 Å². The van der Waals surface area contributed by atoms with Crippen molar-refractivity contribution in [3.8, 4) is 16.2 Å². The molecule has 0 unspecified atom stereocenters. The minimum absolute atomic E-state index is 0.0121. The summed E-state index contributed by atoms with van der Waals surface area (Å²) in [6.07, 6.45) is -1.37. The molecule has 6 rings (SSSR count). The van der Waals surface area contributed by atoms with E-state index in [-0.39, 0.29) is 55.0 Å². The lowest BCUT2D eigenvalue weighted by Crippen LogP contribution is -2.58. The fourth-order valence-corrected chi connectivity index (χ4v) is 9.85. The molecule has 1 aromatic heterocycles. The number of β-amino-alcohol motifs (C(OH)–C–C–N with tert-alkyl or cyclic N) is 1. The largest absolute Gasteiger partial charge is 0.494 e. The second-order valence-electron chi connectivity index (χ2n) is 19.3. The highest BCUT2D eigenvalue weighted by atomic mass is 32.1. The number of nitrogens with zero attached hydrogens (tertiary/aromatic N) is 5. The summed E-state index contributed by atoms with van der Waals surface area (Å²) in [5, 5.41) is 16.3. The second kappa shape index (κ2) is 24.3. The van der Waals surface area contributed by atoms with Crippen molar-refractivity contribution in [3.05, 3.63) is 94.6 Å². The number of thiocarbonyl (C=S) groups is 1. The highest BCUT2D eigenvalue weighted by molar-refractivity contribution is 7.81. The van der Waals surface area contributed by atoms with E-state index in [1.54, 1.807) is 59.9 Å². The van der Waals surface area contributed by atoms with Crippen LogP contribution >= 0.6 is 23.6 Å². The minimum Gasteiger partial charge on any atom is -0.494 e. The summed E-state index contributed by atoms with van der Waals surface area (Å²) in [4.78, 5) is 67.2. The Hall–Kier alpha value is -5.80. The van der Waals surface area contributed by atoms with Crippen molar-refractivity contribution in [2.24, 2.45) is 10.4 Å². The van der Waals surface area contributed by atoms with Crippen molar-refractivity contribution in [1.29, 1.82) is 0 Å². The number of carbonyl (C=O) groups is 4. The molecule has 0 bridgehead atoms. The summed E-state index contributed by atoms with van der Waals surface area (Å²) in [6, 6.07) is 16.6. The summed E-state index contributed by atoms with van der Waals surface area (Å²) in [5.41, 5.74) is 2.35. The van der Waals surface area contributed by atoms with Gasteiger partial charge < -0.3 is 39.8 Å². The maximum Gasteiger partial charge on any atom is 0.417 e. The fraction of sp³-hybridized carbons (Fsp3) is 0.481. The number of benzene rings is 3. The van der Waals surface area contributed by atoms with E-state index >= 15 is 0 Å². The van der Waals surface area contributed by atoms with Gasteiger partial charge in [0.1, 0.15) is 30.0 Å². The molecule has 0 radical (unpaired) electrons. The fourth-order valence-electron chi connectivity index (χ4n) is 8.51. The van der Waals surface area contributed by atoms with Crippen molar-refractivity contribution >= 4 is 69.9 Å². The van der Waals surface area contributed by atoms with Gasteiger partial charge in [-0.1, -0.05) is 51.1 Å². The van der Waals surface area contributed by atoms with Gasteiger partial charge in [-0.2, -0.15) is 13.2 Å². The predicted octanol–water partition coefficient (Wildman–Crippen LogP) is 7.88. The molecule has 2 fully saturated rings. The van der Waals surface area contributed by atoms with E-state index in [1.807, 2.05) is 52.0 Å².